The van der Waals surface area contributed by atoms with Gasteiger partial charge in [0, 0.05) is 29.6 Å². The van der Waals surface area contributed by atoms with Crippen LogP contribution in [0.1, 0.15) is 11.3 Å². The lowest BCUT2D eigenvalue weighted by molar-refractivity contribution is 0.978. The summed E-state index contributed by atoms with van der Waals surface area (Å²) in [6, 6.07) is 19.8. The molecule has 0 atom stereocenters. The molecule has 3 nitrogen and oxygen atoms in total. The Bertz CT molecular complexity index is 770. The van der Waals surface area contributed by atoms with E-state index in [4.69, 9.17) is 5.26 Å². The van der Waals surface area contributed by atoms with E-state index in [0.717, 1.165) is 29.4 Å². The van der Waals surface area contributed by atoms with Crippen LogP contribution in [0, 0.1) is 11.3 Å². The Morgan fingerprint density at radius 2 is 1.82 bits per heavy atom. The van der Waals surface area contributed by atoms with E-state index in [1.807, 2.05) is 42.5 Å². The number of hydrogen-bond acceptors (Lipinski definition) is 4. The van der Waals surface area contributed by atoms with Crippen LogP contribution in [0.15, 0.2) is 60.0 Å². The van der Waals surface area contributed by atoms with Gasteiger partial charge in [0.15, 0.2) is 0 Å². The summed E-state index contributed by atoms with van der Waals surface area (Å²) in [6.45, 7) is 0.823. The van der Waals surface area contributed by atoms with Crippen molar-refractivity contribution >= 4 is 17.0 Å². The molecule has 0 aliphatic heterocycles. The van der Waals surface area contributed by atoms with Crippen molar-refractivity contribution in [3.8, 4) is 16.6 Å². The molecule has 0 radical (unpaired) electrons. The van der Waals surface area contributed by atoms with Crippen molar-refractivity contribution in [1.82, 2.24) is 4.98 Å². The molecule has 0 saturated carbocycles. The number of rotatable bonds is 5. The van der Waals surface area contributed by atoms with Crippen molar-refractivity contribution < 1.29 is 0 Å². The van der Waals surface area contributed by atoms with Gasteiger partial charge in [0.05, 0.1) is 17.3 Å². The van der Waals surface area contributed by atoms with Crippen LogP contribution < -0.4 is 5.32 Å². The monoisotopic (exact) mass is 305 g/mol. The van der Waals surface area contributed by atoms with Crippen LogP contribution in [-0.2, 0) is 6.42 Å². The van der Waals surface area contributed by atoms with Crippen LogP contribution in [0.25, 0.3) is 10.6 Å². The maximum absolute atomic E-state index is 8.77. The number of nitrogens with one attached hydrogen (secondary N) is 1. The van der Waals surface area contributed by atoms with E-state index >= 15 is 0 Å². The number of anilines is 1. The van der Waals surface area contributed by atoms with Crippen molar-refractivity contribution in [2.45, 2.75) is 6.42 Å². The zero-order valence-corrected chi connectivity index (χ0v) is 12.8. The van der Waals surface area contributed by atoms with Crippen LogP contribution in [0.4, 0.5) is 5.69 Å². The third kappa shape index (κ3) is 3.51. The smallest absolute Gasteiger partial charge is 0.123 e. The van der Waals surface area contributed by atoms with E-state index in [-0.39, 0.29) is 0 Å². The molecular formula is C18H15N3S. The molecule has 22 heavy (non-hydrogen) atoms. The van der Waals surface area contributed by atoms with Crippen LogP contribution in [0.3, 0.4) is 0 Å². The summed E-state index contributed by atoms with van der Waals surface area (Å²) in [5.74, 6) is 0. The van der Waals surface area contributed by atoms with Gasteiger partial charge in [0.25, 0.3) is 0 Å². The van der Waals surface area contributed by atoms with Crippen LogP contribution in [0.5, 0.6) is 0 Å². The molecule has 108 valence electrons. The zero-order chi connectivity index (χ0) is 15.2. The Morgan fingerprint density at radius 3 is 2.55 bits per heavy atom. The normalized spacial score (nSPS) is 10.1. The van der Waals surface area contributed by atoms with Gasteiger partial charge >= 0.3 is 0 Å². The topological polar surface area (TPSA) is 48.7 Å². The first-order valence-electron chi connectivity index (χ1n) is 7.09. The minimum Gasteiger partial charge on any atom is -0.385 e. The Kier molecular flexibility index (Phi) is 4.47. The highest BCUT2D eigenvalue weighted by Gasteiger charge is 2.04. The average Bonchev–Trinajstić information content (AvgIpc) is 3.05. The van der Waals surface area contributed by atoms with Gasteiger partial charge in [0.1, 0.15) is 5.01 Å². The lowest BCUT2D eigenvalue weighted by Crippen LogP contribution is -2.04. The molecule has 0 amide bonds. The molecule has 0 aliphatic rings. The third-order valence-corrected chi connectivity index (χ3v) is 4.24. The van der Waals surface area contributed by atoms with Gasteiger partial charge in [-0.25, -0.2) is 4.98 Å². The summed E-state index contributed by atoms with van der Waals surface area (Å²) < 4.78 is 0. The average molecular weight is 305 g/mol. The number of hydrogen-bond donors (Lipinski definition) is 1. The fourth-order valence-electron chi connectivity index (χ4n) is 2.13. The highest BCUT2D eigenvalue weighted by Crippen LogP contribution is 2.23. The van der Waals surface area contributed by atoms with E-state index in [9.17, 15) is 0 Å². The highest BCUT2D eigenvalue weighted by atomic mass is 32.1. The van der Waals surface area contributed by atoms with Crippen molar-refractivity contribution in [3.05, 3.63) is 71.2 Å². The summed E-state index contributed by atoms with van der Waals surface area (Å²) in [7, 11) is 0. The van der Waals surface area contributed by atoms with E-state index in [0.29, 0.717) is 5.56 Å². The number of nitrogens with zero attached hydrogens (tertiary/aromatic N) is 2. The molecule has 0 saturated heterocycles. The molecule has 2 aromatic carbocycles. The number of thiazole rings is 1. The maximum Gasteiger partial charge on any atom is 0.123 e. The van der Waals surface area contributed by atoms with Gasteiger partial charge in [-0.05, 0) is 24.3 Å². The summed E-state index contributed by atoms with van der Waals surface area (Å²) >= 11 is 1.68. The second-order valence-corrected chi connectivity index (χ2v) is 5.73. The number of benzene rings is 2. The molecule has 1 aromatic heterocycles. The summed E-state index contributed by atoms with van der Waals surface area (Å²) in [5.41, 5.74) is 3.97. The van der Waals surface area contributed by atoms with Crippen molar-refractivity contribution in [3.63, 3.8) is 0 Å². The second-order valence-electron chi connectivity index (χ2n) is 4.88. The molecule has 1 N–H and O–H groups in total. The van der Waals surface area contributed by atoms with Gasteiger partial charge in [-0.15, -0.1) is 11.3 Å². The fourth-order valence-corrected chi connectivity index (χ4v) is 2.99. The Morgan fingerprint density at radius 1 is 1.05 bits per heavy atom. The first-order valence-corrected chi connectivity index (χ1v) is 7.97. The molecule has 3 aromatic rings. The Labute approximate surface area is 133 Å². The van der Waals surface area contributed by atoms with Gasteiger partial charge in [-0.1, -0.05) is 30.3 Å². The molecule has 0 unspecified atom stereocenters. The molecular weight excluding hydrogens is 290 g/mol. The van der Waals surface area contributed by atoms with Gasteiger partial charge in [0.2, 0.25) is 0 Å². The van der Waals surface area contributed by atoms with Crippen molar-refractivity contribution in [2.24, 2.45) is 0 Å². The van der Waals surface area contributed by atoms with E-state index in [1.54, 1.807) is 11.3 Å². The van der Waals surface area contributed by atoms with E-state index < -0.39 is 0 Å². The first-order chi connectivity index (χ1) is 10.8. The summed E-state index contributed by atoms with van der Waals surface area (Å²) in [5, 5.41) is 15.3. The second kappa shape index (κ2) is 6.88. The number of aromatic nitrogens is 1. The molecule has 0 bridgehead atoms. The lowest BCUT2D eigenvalue weighted by atomic mass is 10.2. The predicted octanol–water partition coefficient (Wildman–Crippen LogP) is 4.34. The molecule has 0 aliphatic carbocycles. The maximum atomic E-state index is 8.77. The van der Waals surface area contributed by atoms with Crippen LogP contribution in [0.2, 0.25) is 0 Å². The molecule has 1 heterocycles. The van der Waals surface area contributed by atoms with E-state index in [2.05, 4.69) is 33.9 Å². The Hall–Kier alpha value is -2.64. The molecule has 0 fully saturated rings. The SMILES string of the molecule is N#Cc1ccc(NCCc2csc(-c3ccccc3)n2)cc1. The molecule has 3 rings (SSSR count). The predicted molar refractivity (Wildman–Crippen MR) is 90.9 cm³/mol. The standard InChI is InChI=1S/C18H15N3S/c19-12-14-6-8-16(9-7-14)20-11-10-17-13-22-18(21-17)15-4-2-1-3-5-15/h1-9,13,20H,10-11H2. The van der Waals surface area contributed by atoms with Gasteiger partial charge in [-0.2, -0.15) is 5.26 Å². The van der Waals surface area contributed by atoms with Gasteiger partial charge < -0.3 is 5.32 Å². The highest BCUT2D eigenvalue weighted by molar-refractivity contribution is 7.13. The third-order valence-electron chi connectivity index (χ3n) is 3.30. The van der Waals surface area contributed by atoms with Crippen molar-refractivity contribution in [1.29, 1.82) is 5.26 Å². The summed E-state index contributed by atoms with van der Waals surface area (Å²) in [4.78, 5) is 4.67. The minimum absolute atomic E-state index is 0.678. The van der Waals surface area contributed by atoms with Crippen LogP contribution in [-0.4, -0.2) is 11.5 Å². The van der Waals surface area contributed by atoms with Gasteiger partial charge in [-0.3, -0.25) is 0 Å². The zero-order valence-electron chi connectivity index (χ0n) is 12.0. The fraction of sp³-hybridized carbons (Fsp3) is 0.111. The molecule has 0 spiro atoms. The summed E-state index contributed by atoms with van der Waals surface area (Å²) in [6.07, 6.45) is 0.878. The Balaban J connectivity index is 1.56. The first kappa shape index (κ1) is 14.3. The molecule has 4 heteroatoms. The van der Waals surface area contributed by atoms with Crippen molar-refractivity contribution in [2.75, 3.05) is 11.9 Å². The van der Waals surface area contributed by atoms with Crippen LogP contribution >= 0.6 is 11.3 Å². The minimum atomic E-state index is 0.678. The number of nitriles is 1. The quantitative estimate of drug-likeness (QED) is 0.763. The van der Waals surface area contributed by atoms with E-state index in [1.165, 1.54) is 5.56 Å². The largest absolute Gasteiger partial charge is 0.385 e. The lowest BCUT2D eigenvalue weighted by Gasteiger charge is -2.04.